The first-order chi connectivity index (χ1) is 12.4. The van der Waals surface area contributed by atoms with E-state index < -0.39 is 0 Å². The summed E-state index contributed by atoms with van der Waals surface area (Å²) in [6.45, 7) is 2.14. The molecule has 0 aliphatic carbocycles. The fourth-order valence-corrected chi connectivity index (χ4v) is 2.86. The standard InChI is InChI=1S/C22H36O3/c23-18-14-9-7-5-3-1-2-4-6-8-10-15-19-24-20-21-25-22-16-12-11-13-17-22/h11-13,16-18H,1-10,14-15,19-21H2. The molecule has 0 heterocycles. The lowest BCUT2D eigenvalue weighted by Crippen LogP contribution is -2.07. The van der Waals surface area contributed by atoms with Gasteiger partial charge in [-0.1, -0.05) is 76.0 Å². The van der Waals surface area contributed by atoms with Crippen LogP contribution in [-0.4, -0.2) is 26.1 Å². The third-order valence-corrected chi connectivity index (χ3v) is 4.35. The molecule has 142 valence electrons. The lowest BCUT2D eigenvalue weighted by molar-refractivity contribution is -0.107. The van der Waals surface area contributed by atoms with Gasteiger partial charge in [-0.25, -0.2) is 0 Å². The molecule has 0 N–H and O–H groups in total. The summed E-state index contributed by atoms with van der Waals surface area (Å²) < 4.78 is 11.2. The zero-order chi connectivity index (χ0) is 17.8. The van der Waals surface area contributed by atoms with Gasteiger partial charge in [0.05, 0.1) is 6.61 Å². The molecule has 0 bridgehead atoms. The summed E-state index contributed by atoms with van der Waals surface area (Å²) in [5, 5.41) is 0. The molecule has 0 unspecified atom stereocenters. The molecule has 3 heteroatoms. The van der Waals surface area contributed by atoms with E-state index in [1.54, 1.807) is 0 Å². The van der Waals surface area contributed by atoms with Crippen LogP contribution in [0.25, 0.3) is 0 Å². The van der Waals surface area contributed by atoms with Gasteiger partial charge >= 0.3 is 0 Å². The van der Waals surface area contributed by atoms with Crippen LogP contribution in [0.5, 0.6) is 5.75 Å². The Kier molecular flexibility index (Phi) is 15.2. The van der Waals surface area contributed by atoms with Crippen molar-refractivity contribution in [2.75, 3.05) is 19.8 Å². The third kappa shape index (κ3) is 14.7. The number of unbranched alkanes of at least 4 members (excludes halogenated alkanes) is 11. The van der Waals surface area contributed by atoms with Crippen molar-refractivity contribution in [3.8, 4) is 5.75 Å². The lowest BCUT2D eigenvalue weighted by Gasteiger charge is -2.07. The molecule has 0 aliphatic rings. The van der Waals surface area contributed by atoms with E-state index in [1.165, 1.54) is 57.8 Å². The molecule has 1 rings (SSSR count). The molecule has 0 radical (unpaired) electrons. The van der Waals surface area contributed by atoms with Gasteiger partial charge in [-0.05, 0) is 25.0 Å². The average Bonchev–Trinajstić information content (AvgIpc) is 2.65. The minimum absolute atomic E-state index is 0.624. The highest BCUT2D eigenvalue weighted by molar-refractivity contribution is 5.48. The van der Waals surface area contributed by atoms with Gasteiger partial charge in [0, 0.05) is 13.0 Å². The second-order valence-corrected chi connectivity index (χ2v) is 6.62. The Bertz CT molecular complexity index is 392. The Labute approximate surface area is 154 Å². The number of hydrogen-bond acceptors (Lipinski definition) is 3. The van der Waals surface area contributed by atoms with Gasteiger partial charge in [0.1, 0.15) is 18.6 Å². The van der Waals surface area contributed by atoms with Crippen LogP contribution in [0.15, 0.2) is 30.3 Å². The minimum Gasteiger partial charge on any atom is -0.491 e. The molecule has 0 aliphatic heterocycles. The fraction of sp³-hybridized carbons (Fsp3) is 0.682. The van der Waals surface area contributed by atoms with Crippen LogP contribution in [0.3, 0.4) is 0 Å². The Morgan fingerprint density at radius 1 is 0.640 bits per heavy atom. The number of benzene rings is 1. The van der Waals surface area contributed by atoms with Gasteiger partial charge in [-0.15, -0.1) is 0 Å². The van der Waals surface area contributed by atoms with Gasteiger partial charge in [0.25, 0.3) is 0 Å². The summed E-state index contributed by atoms with van der Waals surface area (Å²) in [5.74, 6) is 0.909. The van der Waals surface area contributed by atoms with Crippen molar-refractivity contribution in [1.29, 1.82) is 0 Å². The molecule has 3 nitrogen and oxygen atoms in total. The molecule has 1 aromatic rings. The van der Waals surface area contributed by atoms with Gasteiger partial charge in [-0.2, -0.15) is 0 Å². The Hall–Kier alpha value is -1.35. The van der Waals surface area contributed by atoms with Crippen molar-refractivity contribution in [3.05, 3.63) is 30.3 Å². The van der Waals surface area contributed by atoms with Crippen molar-refractivity contribution in [2.45, 2.75) is 77.0 Å². The lowest BCUT2D eigenvalue weighted by atomic mass is 10.1. The van der Waals surface area contributed by atoms with E-state index in [2.05, 4.69) is 0 Å². The summed E-state index contributed by atoms with van der Waals surface area (Å²) in [7, 11) is 0. The molecule has 0 aromatic heterocycles. The summed E-state index contributed by atoms with van der Waals surface area (Å²) in [6.07, 6.45) is 15.9. The predicted octanol–water partition coefficient (Wildman–Crippen LogP) is 5.96. The SMILES string of the molecule is O=CCCCCCCCCCCCCCOCCOc1ccccc1. The van der Waals surface area contributed by atoms with Crippen LogP contribution in [0.2, 0.25) is 0 Å². The number of carbonyl (C=O) groups excluding carboxylic acids is 1. The number of para-hydroxylation sites is 1. The molecule has 0 amide bonds. The minimum atomic E-state index is 0.624. The first kappa shape index (κ1) is 21.7. The number of ether oxygens (including phenoxy) is 2. The van der Waals surface area contributed by atoms with Crippen LogP contribution < -0.4 is 4.74 Å². The molecule has 0 fully saturated rings. The van der Waals surface area contributed by atoms with Gasteiger partial charge < -0.3 is 14.3 Å². The smallest absolute Gasteiger partial charge is 0.119 e. The normalized spacial score (nSPS) is 10.7. The zero-order valence-electron chi connectivity index (χ0n) is 15.8. The van der Waals surface area contributed by atoms with E-state index in [-0.39, 0.29) is 0 Å². The number of carbonyl (C=O) groups is 1. The second-order valence-electron chi connectivity index (χ2n) is 6.62. The van der Waals surface area contributed by atoms with E-state index in [4.69, 9.17) is 9.47 Å². The fourth-order valence-electron chi connectivity index (χ4n) is 2.86. The van der Waals surface area contributed by atoms with Crippen molar-refractivity contribution >= 4 is 6.29 Å². The molecule has 0 saturated heterocycles. The summed E-state index contributed by atoms with van der Waals surface area (Å²) in [4.78, 5) is 10.2. The van der Waals surface area contributed by atoms with Crippen LogP contribution in [0.1, 0.15) is 77.0 Å². The van der Waals surface area contributed by atoms with Gasteiger partial charge in [0.15, 0.2) is 0 Å². The van der Waals surface area contributed by atoms with Crippen molar-refractivity contribution < 1.29 is 14.3 Å². The first-order valence-electron chi connectivity index (χ1n) is 10.1. The maximum atomic E-state index is 10.2. The van der Waals surface area contributed by atoms with Crippen LogP contribution >= 0.6 is 0 Å². The number of hydrogen-bond donors (Lipinski definition) is 0. The molecule has 0 saturated carbocycles. The summed E-state index contributed by atoms with van der Waals surface area (Å²) in [5.41, 5.74) is 0. The molecule has 0 spiro atoms. The maximum absolute atomic E-state index is 10.2. The largest absolute Gasteiger partial charge is 0.491 e. The Balaban J connectivity index is 1.70. The Morgan fingerprint density at radius 2 is 1.20 bits per heavy atom. The topological polar surface area (TPSA) is 35.5 Å². The van der Waals surface area contributed by atoms with Crippen molar-refractivity contribution in [1.82, 2.24) is 0 Å². The average molecular weight is 349 g/mol. The Morgan fingerprint density at radius 3 is 1.80 bits per heavy atom. The quantitative estimate of drug-likeness (QED) is 0.242. The van der Waals surface area contributed by atoms with E-state index in [1.807, 2.05) is 30.3 Å². The third-order valence-electron chi connectivity index (χ3n) is 4.35. The molecular weight excluding hydrogens is 312 g/mol. The van der Waals surface area contributed by atoms with Crippen LogP contribution in [0, 0.1) is 0 Å². The van der Waals surface area contributed by atoms with E-state index in [0.29, 0.717) is 13.2 Å². The molecule has 0 atom stereocenters. The molecule has 25 heavy (non-hydrogen) atoms. The monoisotopic (exact) mass is 348 g/mol. The summed E-state index contributed by atoms with van der Waals surface area (Å²) in [6, 6.07) is 9.88. The predicted molar refractivity (Wildman–Crippen MR) is 104 cm³/mol. The number of rotatable bonds is 18. The van der Waals surface area contributed by atoms with Crippen LogP contribution in [0.4, 0.5) is 0 Å². The maximum Gasteiger partial charge on any atom is 0.119 e. The van der Waals surface area contributed by atoms with Crippen molar-refractivity contribution in [2.24, 2.45) is 0 Å². The van der Waals surface area contributed by atoms with E-state index in [9.17, 15) is 4.79 Å². The molecule has 1 aromatic carbocycles. The molecular formula is C22H36O3. The highest BCUT2D eigenvalue weighted by Crippen LogP contribution is 2.12. The van der Waals surface area contributed by atoms with E-state index >= 15 is 0 Å². The zero-order valence-corrected chi connectivity index (χ0v) is 15.8. The highest BCUT2D eigenvalue weighted by atomic mass is 16.5. The van der Waals surface area contributed by atoms with E-state index in [0.717, 1.165) is 37.9 Å². The van der Waals surface area contributed by atoms with Gasteiger partial charge in [-0.3, -0.25) is 0 Å². The summed E-state index contributed by atoms with van der Waals surface area (Å²) >= 11 is 0. The second kappa shape index (κ2) is 17.5. The highest BCUT2D eigenvalue weighted by Gasteiger charge is 1.95. The van der Waals surface area contributed by atoms with Crippen LogP contribution in [-0.2, 0) is 9.53 Å². The first-order valence-corrected chi connectivity index (χ1v) is 10.1. The van der Waals surface area contributed by atoms with Crippen molar-refractivity contribution in [3.63, 3.8) is 0 Å². The number of aldehydes is 1. The van der Waals surface area contributed by atoms with Gasteiger partial charge in [0.2, 0.25) is 0 Å².